The first kappa shape index (κ1) is 17.0. The number of aromatic nitrogens is 1. The minimum Gasteiger partial charge on any atom is -0.349 e. The van der Waals surface area contributed by atoms with E-state index in [-0.39, 0.29) is 29.9 Å². The van der Waals surface area contributed by atoms with Gasteiger partial charge in [0, 0.05) is 31.0 Å². The minimum absolute atomic E-state index is 0.0535. The Labute approximate surface area is 152 Å². The fourth-order valence-electron chi connectivity index (χ4n) is 4.39. The van der Waals surface area contributed by atoms with Gasteiger partial charge in [-0.3, -0.25) is 19.5 Å². The first-order valence-corrected chi connectivity index (χ1v) is 9.49. The van der Waals surface area contributed by atoms with Gasteiger partial charge < -0.3 is 10.2 Å². The van der Waals surface area contributed by atoms with Gasteiger partial charge in [-0.15, -0.1) is 0 Å². The number of amides is 4. The highest BCUT2D eigenvalue weighted by Crippen LogP contribution is 2.32. The van der Waals surface area contributed by atoms with Gasteiger partial charge in [-0.05, 0) is 37.8 Å². The number of rotatable bonds is 3. The molecule has 2 atom stereocenters. The van der Waals surface area contributed by atoms with Crippen molar-refractivity contribution in [2.24, 2.45) is 0 Å². The molecule has 0 radical (unpaired) electrons. The zero-order valence-electron chi connectivity index (χ0n) is 14.8. The summed E-state index contributed by atoms with van der Waals surface area (Å²) in [5.74, 6) is -0.264. The smallest absolute Gasteiger partial charge is 0.327 e. The Morgan fingerprint density at radius 2 is 1.96 bits per heavy atom. The van der Waals surface area contributed by atoms with Gasteiger partial charge in [-0.1, -0.05) is 19.3 Å². The summed E-state index contributed by atoms with van der Waals surface area (Å²) >= 11 is 0. The molecule has 3 aliphatic rings. The predicted molar refractivity (Wildman–Crippen MR) is 94.3 cm³/mol. The van der Waals surface area contributed by atoms with E-state index in [9.17, 15) is 14.4 Å². The van der Waals surface area contributed by atoms with Gasteiger partial charge in [-0.2, -0.15) is 0 Å². The average Bonchev–Trinajstić information content (AvgIpc) is 2.93. The van der Waals surface area contributed by atoms with E-state index in [1.165, 1.54) is 17.5 Å². The number of hydrogen-bond donors (Lipinski definition) is 1. The maximum absolute atomic E-state index is 12.9. The Morgan fingerprint density at radius 3 is 2.69 bits per heavy atom. The van der Waals surface area contributed by atoms with Crippen LogP contribution in [-0.2, 0) is 4.79 Å². The first-order chi connectivity index (χ1) is 12.6. The molecule has 2 saturated heterocycles. The number of nitrogens with one attached hydrogen (secondary N) is 1. The Balaban J connectivity index is 1.42. The second kappa shape index (κ2) is 7.05. The van der Waals surface area contributed by atoms with Crippen molar-refractivity contribution in [3.05, 3.63) is 30.1 Å². The van der Waals surface area contributed by atoms with E-state index in [2.05, 4.69) is 10.3 Å². The highest BCUT2D eigenvalue weighted by atomic mass is 16.2. The molecule has 1 aliphatic carbocycles. The van der Waals surface area contributed by atoms with Crippen LogP contribution in [0.2, 0.25) is 0 Å². The van der Waals surface area contributed by atoms with Crippen molar-refractivity contribution in [3.8, 4) is 0 Å². The number of carbonyl (C=O) groups excluding carboxylic acids is 3. The topological polar surface area (TPSA) is 82.6 Å². The van der Waals surface area contributed by atoms with E-state index in [1.54, 1.807) is 23.2 Å². The lowest BCUT2D eigenvalue weighted by atomic mass is 9.93. The highest BCUT2D eigenvalue weighted by Gasteiger charge is 2.50. The molecule has 1 saturated carbocycles. The Morgan fingerprint density at radius 1 is 1.15 bits per heavy atom. The summed E-state index contributed by atoms with van der Waals surface area (Å²) in [6.45, 7) is 0.510. The molecular weight excluding hydrogens is 332 g/mol. The van der Waals surface area contributed by atoms with Gasteiger partial charge in [0.1, 0.15) is 6.04 Å². The van der Waals surface area contributed by atoms with Crippen LogP contribution >= 0.6 is 0 Å². The molecule has 26 heavy (non-hydrogen) atoms. The van der Waals surface area contributed by atoms with E-state index >= 15 is 0 Å². The molecule has 3 heterocycles. The molecule has 7 nitrogen and oxygen atoms in total. The monoisotopic (exact) mass is 356 g/mol. The van der Waals surface area contributed by atoms with Gasteiger partial charge in [0.25, 0.3) is 11.8 Å². The zero-order valence-corrected chi connectivity index (χ0v) is 14.8. The summed E-state index contributed by atoms with van der Waals surface area (Å²) in [7, 11) is 0. The largest absolute Gasteiger partial charge is 0.349 e. The third kappa shape index (κ3) is 3.06. The summed E-state index contributed by atoms with van der Waals surface area (Å²) in [5, 5.41) is 2.99. The lowest BCUT2D eigenvalue weighted by molar-refractivity contribution is -0.130. The molecular formula is C19H24N4O3. The number of fused-ring (bicyclic) bond motifs is 1. The van der Waals surface area contributed by atoms with E-state index in [0.717, 1.165) is 25.7 Å². The van der Waals surface area contributed by atoms with Crippen molar-refractivity contribution in [2.75, 3.05) is 6.54 Å². The predicted octanol–water partition coefficient (Wildman–Crippen LogP) is 1.94. The van der Waals surface area contributed by atoms with Crippen molar-refractivity contribution in [1.82, 2.24) is 20.1 Å². The second-order valence-electron chi connectivity index (χ2n) is 7.43. The van der Waals surface area contributed by atoms with Crippen LogP contribution in [0.15, 0.2) is 24.5 Å². The normalized spacial score (nSPS) is 26.8. The summed E-state index contributed by atoms with van der Waals surface area (Å²) in [6.07, 6.45) is 9.48. The molecule has 0 aromatic carbocycles. The maximum atomic E-state index is 12.9. The van der Waals surface area contributed by atoms with Crippen LogP contribution in [0.1, 0.15) is 55.3 Å². The maximum Gasteiger partial charge on any atom is 0.327 e. The number of imide groups is 1. The fraction of sp³-hybridized carbons (Fsp3) is 0.579. The van der Waals surface area contributed by atoms with E-state index < -0.39 is 6.04 Å². The molecule has 1 N–H and O–H groups in total. The third-order valence-electron chi connectivity index (χ3n) is 5.78. The quantitative estimate of drug-likeness (QED) is 0.839. The second-order valence-corrected chi connectivity index (χ2v) is 7.43. The molecule has 2 aliphatic heterocycles. The zero-order chi connectivity index (χ0) is 18.1. The van der Waals surface area contributed by atoms with Gasteiger partial charge in [0.15, 0.2) is 0 Å². The number of pyridine rings is 1. The molecule has 4 amide bonds. The van der Waals surface area contributed by atoms with Crippen molar-refractivity contribution >= 4 is 17.8 Å². The molecule has 0 unspecified atom stereocenters. The SMILES string of the molecule is O=C(N[C@@H]1CCN2C(=O)N(C3CCCCC3)C(=O)[C@@H]2C1)c1cccnc1. The van der Waals surface area contributed by atoms with Crippen molar-refractivity contribution in [1.29, 1.82) is 0 Å². The molecule has 138 valence electrons. The molecule has 7 heteroatoms. The molecule has 1 aromatic heterocycles. The summed E-state index contributed by atoms with van der Waals surface area (Å²) < 4.78 is 0. The molecule has 0 bridgehead atoms. The number of hydrogen-bond acceptors (Lipinski definition) is 4. The Bertz CT molecular complexity index is 702. The summed E-state index contributed by atoms with van der Waals surface area (Å²) in [4.78, 5) is 45.1. The Hall–Kier alpha value is -2.44. The molecule has 1 aromatic rings. The highest BCUT2D eigenvalue weighted by molar-refractivity contribution is 6.04. The lowest BCUT2D eigenvalue weighted by Crippen LogP contribution is -2.49. The van der Waals surface area contributed by atoms with Gasteiger partial charge in [0.05, 0.1) is 5.56 Å². The van der Waals surface area contributed by atoms with Crippen molar-refractivity contribution in [2.45, 2.75) is 63.1 Å². The van der Waals surface area contributed by atoms with Crippen LogP contribution in [0.3, 0.4) is 0 Å². The Kier molecular flexibility index (Phi) is 4.61. The number of nitrogens with zero attached hydrogens (tertiary/aromatic N) is 3. The third-order valence-corrected chi connectivity index (χ3v) is 5.78. The van der Waals surface area contributed by atoms with E-state index in [1.807, 2.05) is 0 Å². The van der Waals surface area contributed by atoms with Gasteiger partial charge in [-0.25, -0.2) is 4.79 Å². The minimum atomic E-state index is -0.433. The summed E-state index contributed by atoms with van der Waals surface area (Å²) in [5.41, 5.74) is 0.507. The van der Waals surface area contributed by atoms with E-state index in [0.29, 0.717) is 24.9 Å². The van der Waals surface area contributed by atoms with Gasteiger partial charge in [0.2, 0.25) is 0 Å². The van der Waals surface area contributed by atoms with Gasteiger partial charge >= 0.3 is 6.03 Å². The van der Waals surface area contributed by atoms with Crippen LogP contribution in [0.5, 0.6) is 0 Å². The van der Waals surface area contributed by atoms with Crippen LogP contribution in [0.4, 0.5) is 4.79 Å². The number of carbonyl (C=O) groups is 3. The lowest BCUT2D eigenvalue weighted by Gasteiger charge is -2.32. The van der Waals surface area contributed by atoms with Crippen LogP contribution in [0.25, 0.3) is 0 Å². The van der Waals surface area contributed by atoms with Crippen molar-refractivity contribution < 1.29 is 14.4 Å². The molecule has 3 fully saturated rings. The number of urea groups is 1. The van der Waals surface area contributed by atoms with Crippen molar-refractivity contribution in [3.63, 3.8) is 0 Å². The van der Waals surface area contributed by atoms with Crippen LogP contribution in [-0.4, -0.2) is 57.3 Å². The van der Waals surface area contributed by atoms with Crippen LogP contribution in [0, 0.1) is 0 Å². The van der Waals surface area contributed by atoms with Crippen LogP contribution < -0.4 is 5.32 Å². The molecule has 4 rings (SSSR count). The fourth-order valence-corrected chi connectivity index (χ4v) is 4.39. The number of piperidine rings is 1. The standard InChI is InChI=1S/C19H24N4O3/c24-17(13-5-4-9-20-12-13)21-14-8-10-22-16(11-14)18(25)23(19(22)26)15-6-2-1-3-7-15/h4-5,9,12,14-16H,1-3,6-8,10-11H2,(H,21,24)/t14-,16+/m1/s1. The summed E-state index contributed by atoms with van der Waals surface area (Å²) in [6, 6.07) is 2.82. The molecule has 0 spiro atoms. The average molecular weight is 356 g/mol. The van der Waals surface area contributed by atoms with E-state index in [4.69, 9.17) is 0 Å². The first-order valence-electron chi connectivity index (χ1n) is 9.49.